The maximum Gasteiger partial charge on any atom is 0.280 e. The number of carbonyl (C=O) groups excluding carboxylic acids is 3. The maximum absolute atomic E-state index is 13.8. The normalized spacial score (nSPS) is 13.7. The number of nitrogens with one attached hydrogen (secondary N) is 1. The van der Waals surface area contributed by atoms with E-state index < -0.39 is 29.6 Å². The highest BCUT2D eigenvalue weighted by Crippen LogP contribution is 2.28. The van der Waals surface area contributed by atoms with Gasteiger partial charge in [0.15, 0.2) is 5.01 Å². The molecule has 3 heterocycles. The number of fused-ring (bicyclic) bond motifs is 1. The molecule has 5 rings (SSSR count). The summed E-state index contributed by atoms with van der Waals surface area (Å²) in [5, 5.41) is 9.24. The smallest absolute Gasteiger partial charge is 0.280 e. The summed E-state index contributed by atoms with van der Waals surface area (Å²) >= 11 is 7.32. The van der Waals surface area contributed by atoms with E-state index in [0.717, 1.165) is 16.2 Å². The Kier molecular flexibility index (Phi) is 6.38. The van der Waals surface area contributed by atoms with Gasteiger partial charge in [0.25, 0.3) is 17.7 Å². The minimum atomic E-state index is -0.686. The van der Waals surface area contributed by atoms with Crippen LogP contribution in [0.4, 0.5) is 4.39 Å². The zero-order valence-electron chi connectivity index (χ0n) is 18.9. The van der Waals surface area contributed by atoms with Gasteiger partial charge in [-0.1, -0.05) is 35.9 Å². The van der Waals surface area contributed by atoms with Crippen LogP contribution in [-0.4, -0.2) is 50.0 Å². The first-order valence-electron chi connectivity index (χ1n) is 11.0. The standard InChI is InChI=1S/C25H19ClFN5O3S/c1-31-21(19(26)11-28-31)20-13-36-23(30-20)22(33)29-16(10-14-5-4-6-15(27)9-14)12-32-24(34)17-7-2-3-8-18(17)25(32)35/h2-9,11,13,16H,10,12H2,1H3,(H,29,33)/t16-/m0/s1. The van der Waals surface area contributed by atoms with Crippen molar-refractivity contribution in [3.8, 4) is 11.4 Å². The molecule has 0 spiro atoms. The largest absolute Gasteiger partial charge is 0.345 e. The molecule has 36 heavy (non-hydrogen) atoms. The molecule has 0 aliphatic carbocycles. The van der Waals surface area contributed by atoms with Gasteiger partial charge >= 0.3 is 0 Å². The zero-order valence-corrected chi connectivity index (χ0v) is 20.5. The lowest BCUT2D eigenvalue weighted by Crippen LogP contribution is -2.47. The topological polar surface area (TPSA) is 97.2 Å². The molecule has 2 aromatic heterocycles. The molecule has 1 N–H and O–H groups in total. The molecule has 0 unspecified atom stereocenters. The van der Waals surface area contributed by atoms with Crippen molar-refractivity contribution in [3.05, 3.63) is 92.6 Å². The molecule has 1 aliphatic heterocycles. The quantitative estimate of drug-likeness (QED) is 0.370. The van der Waals surface area contributed by atoms with E-state index in [-0.39, 0.29) is 18.0 Å². The fraction of sp³-hybridized carbons (Fsp3) is 0.160. The molecular formula is C25H19ClFN5O3S. The number of imide groups is 1. The molecule has 182 valence electrons. The Morgan fingerprint density at radius 1 is 1.14 bits per heavy atom. The third-order valence-corrected chi connectivity index (χ3v) is 6.94. The Morgan fingerprint density at radius 3 is 2.50 bits per heavy atom. The average molecular weight is 524 g/mol. The Hall–Kier alpha value is -3.89. The van der Waals surface area contributed by atoms with E-state index in [9.17, 15) is 18.8 Å². The molecule has 2 aromatic carbocycles. The summed E-state index contributed by atoms with van der Waals surface area (Å²) in [5.41, 5.74) is 2.32. The van der Waals surface area contributed by atoms with Crippen molar-refractivity contribution < 1.29 is 18.8 Å². The van der Waals surface area contributed by atoms with Gasteiger partial charge in [0.1, 0.15) is 17.2 Å². The van der Waals surface area contributed by atoms with Crippen LogP contribution in [0.15, 0.2) is 60.1 Å². The van der Waals surface area contributed by atoms with E-state index >= 15 is 0 Å². The van der Waals surface area contributed by atoms with Crippen molar-refractivity contribution in [1.29, 1.82) is 0 Å². The molecule has 0 saturated carbocycles. The maximum atomic E-state index is 13.8. The van der Waals surface area contributed by atoms with Gasteiger partial charge in [-0.2, -0.15) is 5.10 Å². The highest BCUT2D eigenvalue weighted by molar-refractivity contribution is 7.12. The van der Waals surface area contributed by atoms with Crippen LogP contribution in [0.5, 0.6) is 0 Å². The van der Waals surface area contributed by atoms with Crippen LogP contribution in [0.2, 0.25) is 5.02 Å². The molecule has 0 radical (unpaired) electrons. The number of carbonyl (C=O) groups is 3. The number of benzene rings is 2. The molecular weight excluding hydrogens is 505 g/mol. The fourth-order valence-electron chi connectivity index (χ4n) is 4.17. The highest BCUT2D eigenvalue weighted by Gasteiger charge is 2.37. The number of halogens is 2. The fourth-order valence-corrected chi connectivity index (χ4v) is 5.14. The van der Waals surface area contributed by atoms with Gasteiger partial charge in [-0.25, -0.2) is 9.37 Å². The summed E-state index contributed by atoms with van der Waals surface area (Å²) in [7, 11) is 1.72. The number of amides is 3. The molecule has 4 aromatic rings. The second-order valence-corrected chi connectivity index (χ2v) is 9.54. The van der Waals surface area contributed by atoms with Crippen LogP contribution in [0, 0.1) is 5.82 Å². The highest BCUT2D eigenvalue weighted by atomic mass is 35.5. The number of aromatic nitrogens is 3. The minimum Gasteiger partial charge on any atom is -0.345 e. The van der Waals surface area contributed by atoms with E-state index in [4.69, 9.17) is 11.6 Å². The lowest BCUT2D eigenvalue weighted by atomic mass is 10.0. The Bertz CT molecular complexity index is 1450. The minimum absolute atomic E-state index is 0.0829. The molecule has 1 aliphatic rings. The van der Waals surface area contributed by atoms with Gasteiger partial charge in [0, 0.05) is 19.0 Å². The molecule has 3 amide bonds. The van der Waals surface area contributed by atoms with Crippen molar-refractivity contribution in [1.82, 2.24) is 25.0 Å². The van der Waals surface area contributed by atoms with Crippen molar-refractivity contribution >= 4 is 40.7 Å². The van der Waals surface area contributed by atoms with Crippen LogP contribution in [-0.2, 0) is 13.5 Å². The van der Waals surface area contributed by atoms with Crippen molar-refractivity contribution in [2.75, 3.05) is 6.54 Å². The van der Waals surface area contributed by atoms with Crippen LogP contribution in [0.3, 0.4) is 0 Å². The van der Waals surface area contributed by atoms with E-state index in [1.54, 1.807) is 53.5 Å². The number of hydrogen-bond donors (Lipinski definition) is 1. The van der Waals surface area contributed by atoms with E-state index in [2.05, 4.69) is 15.4 Å². The predicted molar refractivity (Wildman–Crippen MR) is 132 cm³/mol. The summed E-state index contributed by atoms with van der Waals surface area (Å²) in [6.45, 7) is -0.0829. The Balaban J connectivity index is 1.39. The average Bonchev–Trinajstić information content (AvgIpc) is 3.53. The first-order valence-corrected chi connectivity index (χ1v) is 12.2. The summed E-state index contributed by atoms with van der Waals surface area (Å²) in [6.07, 6.45) is 1.69. The lowest BCUT2D eigenvalue weighted by molar-refractivity contribution is 0.0628. The van der Waals surface area contributed by atoms with Crippen molar-refractivity contribution in [2.45, 2.75) is 12.5 Å². The number of thiazole rings is 1. The third kappa shape index (κ3) is 4.52. The van der Waals surface area contributed by atoms with Gasteiger partial charge in [-0.3, -0.25) is 24.0 Å². The number of hydrogen-bond acceptors (Lipinski definition) is 6. The van der Waals surface area contributed by atoms with Gasteiger partial charge in [0.2, 0.25) is 0 Å². The summed E-state index contributed by atoms with van der Waals surface area (Å²) in [5.74, 6) is -1.77. The van der Waals surface area contributed by atoms with Gasteiger partial charge in [0.05, 0.1) is 28.4 Å². The first kappa shape index (κ1) is 23.8. The number of aryl methyl sites for hydroxylation is 1. The zero-order chi connectivity index (χ0) is 25.4. The SMILES string of the molecule is Cn1ncc(Cl)c1-c1csc(C(=O)N[C@@H](Cc2cccc(F)c2)CN2C(=O)c3ccccc3C2=O)n1. The van der Waals surface area contributed by atoms with Gasteiger partial charge < -0.3 is 5.32 Å². The van der Waals surface area contributed by atoms with Crippen LogP contribution in [0.25, 0.3) is 11.4 Å². The number of nitrogens with zero attached hydrogens (tertiary/aromatic N) is 4. The van der Waals surface area contributed by atoms with Gasteiger partial charge in [-0.05, 0) is 36.2 Å². The van der Waals surface area contributed by atoms with Crippen LogP contribution >= 0.6 is 22.9 Å². The Labute approximate surface area is 214 Å². The summed E-state index contributed by atoms with van der Waals surface area (Å²) in [4.78, 5) is 44.5. The molecule has 8 nitrogen and oxygen atoms in total. The second kappa shape index (κ2) is 9.63. The van der Waals surface area contributed by atoms with Crippen molar-refractivity contribution in [2.24, 2.45) is 7.05 Å². The summed E-state index contributed by atoms with van der Waals surface area (Å²) < 4.78 is 15.4. The molecule has 0 saturated heterocycles. The third-order valence-electron chi connectivity index (χ3n) is 5.82. The van der Waals surface area contributed by atoms with Crippen LogP contribution < -0.4 is 5.32 Å². The van der Waals surface area contributed by atoms with Gasteiger partial charge in [-0.15, -0.1) is 11.3 Å². The van der Waals surface area contributed by atoms with E-state index in [1.165, 1.54) is 18.3 Å². The van der Waals surface area contributed by atoms with Crippen molar-refractivity contribution in [3.63, 3.8) is 0 Å². The molecule has 0 bridgehead atoms. The monoisotopic (exact) mass is 523 g/mol. The van der Waals surface area contributed by atoms with Crippen LogP contribution in [0.1, 0.15) is 36.1 Å². The molecule has 0 fully saturated rings. The molecule has 1 atom stereocenters. The number of rotatable bonds is 7. The first-order chi connectivity index (χ1) is 17.3. The summed E-state index contributed by atoms with van der Waals surface area (Å²) in [6, 6.07) is 11.8. The molecule has 11 heteroatoms. The second-order valence-electron chi connectivity index (χ2n) is 8.27. The lowest BCUT2D eigenvalue weighted by Gasteiger charge is -2.23. The van der Waals surface area contributed by atoms with E-state index in [1.807, 2.05) is 0 Å². The van der Waals surface area contributed by atoms with E-state index in [0.29, 0.717) is 33.1 Å². The predicted octanol–water partition coefficient (Wildman–Crippen LogP) is 3.97. The Morgan fingerprint density at radius 2 is 1.86 bits per heavy atom.